The van der Waals surface area contributed by atoms with E-state index in [2.05, 4.69) is 20.6 Å². The van der Waals surface area contributed by atoms with Gasteiger partial charge in [0.1, 0.15) is 5.82 Å². The SMILES string of the molecule is CCCc1nnc2sc(NC(=O)c3ccccc3F)nn12. The Morgan fingerprint density at radius 1 is 1.38 bits per heavy atom. The van der Waals surface area contributed by atoms with Crippen molar-refractivity contribution in [2.75, 3.05) is 5.32 Å². The molecule has 1 amide bonds. The molecule has 0 bridgehead atoms. The predicted molar refractivity (Wildman–Crippen MR) is 77.0 cm³/mol. The summed E-state index contributed by atoms with van der Waals surface area (Å²) >= 11 is 1.20. The summed E-state index contributed by atoms with van der Waals surface area (Å²) in [7, 11) is 0. The summed E-state index contributed by atoms with van der Waals surface area (Å²) in [5.41, 5.74) is -0.0164. The van der Waals surface area contributed by atoms with E-state index < -0.39 is 11.7 Å². The molecule has 0 atom stereocenters. The number of aryl methyl sites for hydroxylation is 1. The van der Waals surface area contributed by atoms with Crippen LogP contribution in [0.3, 0.4) is 0 Å². The number of rotatable bonds is 4. The molecule has 108 valence electrons. The number of aromatic nitrogens is 4. The third-order valence-electron chi connectivity index (χ3n) is 2.87. The van der Waals surface area contributed by atoms with Crippen molar-refractivity contribution >= 4 is 27.3 Å². The van der Waals surface area contributed by atoms with Crippen molar-refractivity contribution in [2.45, 2.75) is 19.8 Å². The Bertz CT molecular complexity index is 797. The molecule has 3 aromatic rings. The first kappa shape index (κ1) is 13.6. The Balaban J connectivity index is 1.85. The largest absolute Gasteiger partial charge is 0.296 e. The summed E-state index contributed by atoms with van der Waals surface area (Å²) in [6.45, 7) is 2.04. The van der Waals surface area contributed by atoms with Crippen LogP contribution in [0.5, 0.6) is 0 Å². The Morgan fingerprint density at radius 2 is 2.19 bits per heavy atom. The number of nitrogens with zero attached hydrogens (tertiary/aromatic N) is 4. The van der Waals surface area contributed by atoms with E-state index in [9.17, 15) is 9.18 Å². The summed E-state index contributed by atoms with van der Waals surface area (Å²) in [6.07, 6.45) is 1.68. The summed E-state index contributed by atoms with van der Waals surface area (Å²) in [5.74, 6) is -0.352. The first-order chi connectivity index (χ1) is 10.2. The minimum Gasteiger partial charge on any atom is -0.296 e. The van der Waals surface area contributed by atoms with Gasteiger partial charge in [0, 0.05) is 6.42 Å². The Morgan fingerprint density at radius 3 is 2.95 bits per heavy atom. The standard InChI is InChI=1S/C13H12FN5OS/c1-2-5-10-16-17-13-19(10)18-12(21-13)15-11(20)8-6-3-4-7-9(8)14/h3-4,6-7H,2,5H2,1H3,(H,15,18,20). The van der Waals surface area contributed by atoms with Gasteiger partial charge < -0.3 is 0 Å². The third-order valence-corrected chi connectivity index (χ3v) is 3.68. The van der Waals surface area contributed by atoms with Crippen LogP contribution in [-0.4, -0.2) is 25.7 Å². The lowest BCUT2D eigenvalue weighted by Crippen LogP contribution is -2.13. The van der Waals surface area contributed by atoms with E-state index in [1.165, 1.54) is 29.5 Å². The highest BCUT2D eigenvalue weighted by Gasteiger charge is 2.15. The minimum atomic E-state index is -0.565. The topological polar surface area (TPSA) is 72.2 Å². The van der Waals surface area contributed by atoms with Gasteiger partial charge in [-0.15, -0.1) is 15.3 Å². The zero-order chi connectivity index (χ0) is 14.8. The smallest absolute Gasteiger partial charge is 0.260 e. The van der Waals surface area contributed by atoms with Gasteiger partial charge in [-0.2, -0.15) is 4.52 Å². The van der Waals surface area contributed by atoms with E-state index >= 15 is 0 Å². The molecule has 2 aromatic heterocycles. The fourth-order valence-corrected chi connectivity index (χ4v) is 2.65. The van der Waals surface area contributed by atoms with Gasteiger partial charge in [-0.25, -0.2) is 4.39 Å². The molecule has 0 unspecified atom stereocenters. The van der Waals surface area contributed by atoms with Crippen LogP contribution < -0.4 is 5.32 Å². The molecule has 0 fully saturated rings. The average molecular weight is 305 g/mol. The van der Waals surface area contributed by atoms with Gasteiger partial charge in [0.15, 0.2) is 5.82 Å². The van der Waals surface area contributed by atoms with Gasteiger partial charge in [0.25, 0.3) is 5.91 Å². The van der Waals surface area contributed by atoms with Gasteiger partial charge in [0.05, 0.1) is 5.56 Å². The molecular weight excluding hydrogens is 293 g/mol. The fourth-order valence-electron chi connectivity index (χ4n) is 1.90. The van der Waals surface area contributed by atoms with Gasteiger partial charge in [0.2, 0.25) is 10.1 Å². The minimum absolute atomic E-state index is 0.0164. The van der Waals surface area contributed by atoms with Crippen molar-refractivity contribution in [2.24, 2.45) is 0 Å². The molecule has 0 aliphatic rings. The Kier molecular flexibility index (Phi) is 3.61. The second-order valence-corrected chi connectivity index (χ2v) is 5.36. The van der Waals surface area contributed by atoms with Crippen molar-refractivity contribution < 1.29 is 9.18 Å². The Labute approximate surface area is 123 Å². The molecule has 0 spiro atoms. The maximum absolute atomic E-state index is 13.5. The van der Waals surface area contributed by atoms with Gasteiger partial charge in [-0.1, -0.05) is 30.4 Å². The predicted octanol–water partition coefficient (Wildman–Crippen LogP) is 2.53. The van der Waals surface area contributed by atoms with Gasteiger partial charge in [-0.3, -0.25) is 10.1 Å². The molecule has 0 aliphatic heterocycles. The van der Waals surface area contributed by atoms with Crippen LogP contribution in [0, 0.1) is 5.82 Å². The molecule has 2 heterocycles. The fraction of sp³-hybridized carbons (Fsp3) is 0.231. The van der Waals surface area contributed by atoms with Crippen molar-refractivity contribution in [3.8, 4) is 0 Å². The highest BCUT2D eigenvalue weighted by molar-refractivity contribution is 7.20. The monoisotopic (exact) mass is 305 g/mol. The molecule has 0 aliphatic carbocycles. The van der Waals surface area contributed by atoms with Crippen LogP contribution in [0.25, 0.3) is 4.96 Å². The number of halogens is 1. The molecule has 3 rings (SSSR count). The highest BCUT2D eigenvalue weighted by atomic mass is 32.1. The average Bonchev–Trinajstić information content (AvgIpc) is 3.01. The molecule has 1 aromatic carbocycles. The molecule has 0 saturated carbocycles. The number of amides is 1. The molecule has 1 N–H and O–H groups in total. The molecule has 6 nitrogen and oxygen atoms in total. The number of hydrogen-bond donors (Lipinski definition) is 1. The van der Waals surface area contributed by atoms with Crippen LogP contribution in [0.2, 0.25) is 0 Å². The van der Waals surface area contributed by atoms with E-state index in [0.29, 0.717) is 10.1 Å². The third kappa shape index (κ3) is 2.62. The van der Waals surface area contributed by atoms with Crippen LogP contribution in [0.4, 0.5) is 9.52 Å². The number of carbonyl (C=O) groups is 1. The van der Waals surface area contributed by atoms with Crippen molar-refractivity contribution in [3.05, 3.63) is 41.5 Å². The maximum atomic E-state index is 13.5. The zero-order valence-electron chi connectivity index (χ0n) is 11.2. The van der Waals surface area contributed by atoms with E-state index in [1.807, 2.05) is 6.92 Å². The van der Waals surface area contributed by atoms with E-state index in [1.54, 1.807) is 10.6 Å². The second-order valence-electron chi connectivity index (χ2n) is 4.40. The van der Waals surface area contributed by atoms with Crippen LogP contribution in [0.15, 0.2) is 24.3 Å². The van der Waals surface area contributed by atoms with Crippen molar-refractivity contribution in [1.29, 1.82) is 0 Å². The maximum Gasteiger partial charge on any atom is 0.260 e. The second kappa shape index (κ2) is 5.57. The molecule has 0 radical (unpaired) electrons. The molecular formula is C13H12FN5OS. The number of anilines is 1. The summed E-state index contributed by atoms with van der Waals surface area (Å²) in [4.78, 5) is 12.6. The number of benzene rings is 1. The van der Waals surface area contributed by atoms with Crippen LogP contribution in [0.1, 0.15) is 29.5 Å². The van der Waals surface area contributed by atoms with Crippen molar-refractivity contribution in [1.82, 2.24) is 19.8 Å². The highest BCUT2D eigenvalue weighted by Crippen LogP contribution is 2.20. The van der Waals surface area contributed by atoms with Crippen LogP contribution in [-0.2, 0) is 6.42 Å². The number of hydrogen-bond acceptors (Lipinski definition) is 5. The number of carbonyl (C=O) groups excluding carboxylic acids is 1. The van der Waals surface area contributed by atoms with Gasteiger partial charge in [-0.05, 0) is 18.6 Å². The summed E-state index contributed by atoms with van der Waals surface area (Å²) < 4.78 is 15.1. The lowest BCUT2D eigenvalue weighted by atomic mass is 10.2. The molecule has 0 saturated heterocycles. The van der Waals surface area contributed by atoms with Crippen LogP contribution >= 0.6 is 11.3 Å². The molecule has 21 heavy (non-hydrogen) atoms. The van der Waals surface area contributed by atoms with E-state index in [0.717, 1.165) is 18.7 Å². The quantitative estimate of drug-likeness (QED) is 0.804. The number of nitrogens with one attached hydrogen (secondary N) is 1. The molecule has 8 heteroatoms. The van der Waals surface area contributed by atoms with E-state index in [4.69, 9.17) is 0 Å². The summed E-state index contributed by atoms with van der Waals surface area (Å²) in [6, 6.07) is 5.81. The normalized spacial score (nSPS) is 11.0. The van der Waals surface area contributed by atoms with E-state index in [-0.39, 0.29) is 5.56 Å². The first-order valence-electron chi connectivity index (χ1n) is 6.46. The lowest BCUT2D eigenvalue weighted by molar-refractivity contribution is 0.102. The lowest BCUT2D eigenvalue weighted by Gasteiger charge is -2.01. The Hall–Kier alpha value is -2.35. The summed E-state index contributed by atoms with van der Waals surface area (Å²) in [5, 5.41) is 15.2. The first-order valence-corrected chi connectivity index (χ1v) is 7.27. The van der Waals surface area contributed by atoms with Gasteiger partial charge >= 0.3 is 0 Å². The zero-order valence-corrected chi connectivity index (χ0v) is 12.0. The van der Waals surface area contributed by atoms with Crippen molar-refractivity contribution in [3.63, 3.8) is 0 Å². The number of fused-ring (bicyclic) bond motifs is 1.